The third-order valence-corrected chi connectivity index (χ3v) is 3.04. The van der Waals surface area contributed by atoms with Crippen LogP contribution in [0.2, 0.25) is 0 Å². The number of benzene rings is 1. The number of piperazine rings is 1. The van der Waals surface area contributed by atoms with Gasteiger partial charge in [0.2, 0.25) is 0 Å². The number of aldehydes is 1. The highest BCUT2D eigenvalue weighted by Crippen LogP contribution is 2.09. The zero-order chi connectivity index (χ0) is 12.1. The molecule has 1 aliphatic heterocycles. The van der Waals surface area contributed by atoms with Crippen molar-refractivity contribution in [2.75, 3.05) is 19.6 Å². The molecule has 2 rings (SSSR count). The first-order valence-electron chi connectivity index (χ1n) is 5.92. The van der Waals surface area contributed by atoms with E-state index in [1.165, 1.54) is 12.1 Å². The normalized spacial score (nSPS) is 21.4. The summed E-state index contributed by atoms with van der Waals surface area (Å²) in [6.45, 7) is 3.56. The first-order chi connectivity index (χ1) is 8.28. The Kier molecular flexibility index (Phi) is 4.23. The van der Waals surface area contributed by atoms with E-state index in [1.54, 1.807) is 0 Å². The van der Waals surface area contributed by atoms with Crippen LogP contribution < -0.4 is 5.32 Å². The van der Waals surface area contributed by atoms with Gasteiger partial charge in [-0.15, -0.1) is 0 Å². The summed E-state index contributed by atoms with van der Waals surface area (Å²) in [4.78, 5) is 12.8. The molecule has 0 unspecified atom stereocenters. The van der Waals surface area contributed by atoms with Crippen LogP contribution in [0.25, 0.3) is 0 Å². The maximum absolute atomic E-state index is 12.8. The van der Waals surface area contributed by atoms with Crippen molar-refractivity contribution in [2.24, 2.45) is 0 Å². The summed E-state index contributed by atoms with van der Waals surface area (Å²) in [7, 11) is 0. The van der Waals surface area contributed by atoms with E-state index >= 15 is 0 Å². The second kappa shape index (κ2) is 5.89. The molecule has 1 fully saturated rings. The van der Waals surface area contributed by atoms with Crippen molar-refractivity contribution in [2.45, 2.75) is 19.0 Å². The number of rotatable bonds is 4. The van der Waals surface area contributed by atoms with Gasteiger partial charge in [0, 0.05) is 38.6 Å². The average molecular weight is 236 g/mol. The summed E-state index contributed by atoms with van der Waals surface area (Å²) in [5, 5.41) is 3.31. The van der Waals surface area contributed by atoms with Gasteiger partial charge in [-0.2, -0.15) is 0 Å². The zero-order valence-electron chi connectivity index (χ0n) is 9.73. The summed E-state index contributed by atoms with van der Waals surface area (Å²) in [5.74, 6) is -0.201. The minimum absolute atomic E-state index is 0.201. The minimum Gasteiger partial charge on any atom is -0.311 e. The number of halogens is 1. The molecule has 4 heteroatoms. The molecule has 0 spiro atoms. The van der Waals surface area contributed by atoms with Gasteiger partial charge in [-0.3, -0.25) is 4.90 Å². The topological polar surface area (TPSA) is 32.3 Å². The molecule has 1 heterocycles. The molecule has 0 radical (unpaired) electrons. The molecular formula is C13H17FN2O. The van der Waals surface area contributed by atoms with Crippen LogP contribution in [0.1, 0.15) is 12.0 Å². The van der Waals surface area contributed by atoms with Crippen molar-refractivity contribution in [1.29, 1.82) is 0 Å². The molecule has 92 valence electrons. The third-order valence-electron chi connectivity index (χ3n) is 3.04. The summed E-state index contributed by atoms with van der Waals surface area (Å²) < 4.78 is 12.8. The Morgan fingerprint density at radius 1 is 1.41 bits per heavy atom. The minimum atomic E-state index is -0.201. The van der Waals surface area contributed by atoms with E-state index < -0.39 is 0 Å². The molecule has 1 atom stereocenters. The van der Waals surface area contributed by atoms with E-state index in [-0.39, 0.29) is 11.9 Å². The molecule has 0 bridgehead atoms. The Morgan fingerprint density at radius 3 is 2.88 bits per heavy atom. The second-order valence-corrected chi connectivity index (χ2v) is 4.41. The predicted octanol–water partition coefficient (Wildman–Crippen LogP) is 1.19. The van der Waals surface area contributed by atoms with Gasteiger partial charge in [-0.25, -0.2) is 4.39 Å². The standard InChI is InChI=1S/C13H17FN2O/c14-12-3-1-11(2-4-12)9-16-7-6-15-13(10-16)5-8-17/h1-4,8,13,15H,5-7,9-10H2/t13-/m1/s1. The van der Waals surface area contributed by atoms with Crippen LogP contribution in [0.5, 0.6) is 0 Å². The summed E-state index contributed by atoms with van der Waals surface area (Å²) in [5.41, 5.74) is 1.11. The van der Waals surface area contributed by atoms with Gasteiger partial charge in [0.1, 0.15) is 12.1 Å². The highest BCUT2D eigenvalue weighted by atomic mass is 19.1. The van der Waals surface area contributed by atoms with Crippen LogP contribution in [0.3, 0.4) is 0 Å². The van der Waals surface area contributed by atoms with Gasteiger partial charge in [-0.05, 0) is 17.7 Å². The first kappa shape index (κ1) is 12.2. The fourth-order valence-electron chi connectivity index (χ4n) is 2.16. The SMILES string of the molecule is O=CC[C@@H]1CN(Cc2ccc(F)cc2)CCN1. The van der Waals surface area contributed by atoms with Crippen LogP contribution in [-0.4, -0.2) is 36.9 Å². The fraction of sp³-hybridized carbons (Fsp3) is 0.462. The second-order valence-electron chi connectivity index (χ2n) is 4.41. The lowest BCUT2D eigenvalue weighted by atomic mass is 10.1. The van der Waals surface area contributed by atoms with E-state index in [9.17, 15) is 9.18 Å². The monoisotopic (exact) mass is 236 g/mol. The Balaban J connectivity index is 1.89. The molecule has 0 aromatic heterocycles. The third kappa shape index (κ3) is 3.61. The molecule has 0 amide bonds. The smallest absolute Gasteiger partial charge is 0.123 e. The van der Waals surface area contributed by atoms with Crippen molar-refractivity contribution < 1.29 is 9.18 Å². The van der Waals surface area contributed by atoms with Gasteiger partial charge in [0.05, 0.1) is 0 Å². The van der Waals surface area contributed by atoms with Crippen LogP contribution in [0.4, 0.5) is 4.39 Å². The Morgan fingerprint density at radius 2 is 2.18 bits per heavy atom. The lowest BCUT2D eigenvalue weighted by Gasteiger charge is -2.32. The molecule has 1 N–H and O–H groups in total. The fourth-order valence-corrected chi connectivity index (χ4v) is 2.16. The quantitative estimate of drug-likeness (QED) is 0.797. The van der Waals surface area contributed by atoms with Crippen LogP contribution >= 0.6 is 0 Å². The van der Waals surface area contributed by atoms with Crippen LogP contribution in [0.15, 0.2) is 24.3 Å². The number of nitrogens with zero attached hydrogens (tertiary/aromatic N) is 1. The summed E-state index contributed by atoms with van der Waals surface area (Å²) in [6.07, 6.45) is 1.51. The van der Waals surface area contributed by atoms with E-state index in [2.05, 4.69) is 10.2 Å². The molecule has 1 aromatic rings. The van der Waals surface area contributed by atoms with E-state index in [0.29, 0.717) is 6.42 Å². The van der Waals surface area contributed by atoms with Crippen molar-refractivity contribution >= 4 is 6.29 Å². The number of hydrogen-bond donors (Lipinski definition) is 1. The van der Waals surface area contributed by atoms with Gasteiger partial charge in [-0.1, -0.05) is 12.1 Å². The number of carbonyl (C=O) groups excluding carboxylic acids is 1. The summed E-state index contributed by atoms with van der Waals surface area (Å²) in [6, 6.07) is 6.85. The van der Waals surface area contributed by atoms with Gasteiger partial charge in [0.25, 0.3) is 0 Å². The van der Waals surface area contributed by atoms with E-state index in [4.69, 9.17) is 0 Å². The highest BCUT2D eigenvalue weighted by Gasteiger charge is 2.18. The maximum Gasteiger partial charge on any atom is 0.123 e. The molecule has 1 aromatic carbocycles. The Hall–Kier alpha value is -1.26. The number of carbonyl (C=O) groups is 1. The molecule has 1 aliphatic rings. The van der Waals surface area contributed by atoms with Crippen molar-refractivity contribution in [3.05, 3.63) is 35.6 Å². The Labute approximate surface area is 101 Å². The largest absolute Gasteiger partial charge is 0.311 e. The van der Waals surface area contributed by atoms with Gasteiger partial charge in [0.15, 0.2) is 0 Å². The highest BCUT2D eigenvalue weighted by molar-refractivity contribution is 5.50. The van der Waals surface area contributed by atoms with Crippen LogP contribution in [-0.2, 0) is 11.3 Å². The Bertz CT molecular complexity index is 366. The lowest BCUT2D eigenvalue weighted by Crippen LogP contribution is -2.50. The van der Waals surface area contributed by atoms with Crippen LogP contribution in [0, 0.1) is 5.82 Å². The lowest BCUT2D eigenvalue weighted by molar-refractivity contribution is -0.108. The molecule has 17 heavy (non-hydrogen) atoms. The average Bonchev–Trinajstić information content (AvgIpc) is 2.33. The zero-order valence-corrected chi connectivity index (χ0v) is 9.73. The van der Waals surface area contributed by atoms with Crippen molar-refractivity contribution in [3.63, 3.8) is 0 Å². The molecule has 1 saturated heterocycles. The summed E-state index contributed by atoms with van der Waals surface area (Å²) >= 11 is 0. The van der Waals surface area contributed by atoms with E-state index in [1.807, 2.05) is 12.1 Å². The van der Waals surface area contributed by atoms with Gasteiger partial charge >= 0.3 is 0 Å². The number of nitrogens with one attached hydrogen (secondary N) is 1. The van der Waals surface area contributed by atoms with Crippen molar-refractivity contribution in [1.82, 2.24) is 10.2 Å². The number of hydrogen-bond acceptors (Lipinski definition) is 3. The molecule has 0 saturated carbocycles. The maximum atomic E-state index is 12.8. The first-order valence-corrected chi connectivity index (χ1v) is 5.92. The van der Waals surface area contributed by atoms with E-state index in [0.717, 1.165) is 38.0 Å². The molecule has 0 aliphatic carbocycles. The molecular weight excluding hydrogens is 219 g/mol. The molecule has 3 nitrogen and oxygen atoms in total. The van der Waals surface area contributed by atoms with Crippen molar-refractivity contribution in [3.8, 4) is 0 Å². The van der Waals surface area contributed by atoms with Gasteiger partial charge < -0.3 is 10.1 Å². The predicted molar refractivity (Wildman–Crippen MR) is 64.1 cm³/mol.